The van der Waals surface area contributed by atoms with Gasteiger partial charge in [0.2, 0.25) is 0 Å². The van der Waals surface area contributed by atoms with E-state index < -0.39 is 67.3 Å². The first kappa shape index (κ1) is 64.5. The number of aliphatic hydroxyl groups is 2. The zero-order chi connectivity index (χ0) is 50.4. The monoisotopic (exact) mass is 981 g/mol. The van der Waals surface area contributed by atoms with Gasteiger partial charge in [-0.3, -0.25) is 14.4 Å². The molecule has 0 aromatic carbocycles. The highest BCUT2D eigenvalue weighted by atomic mass is 16.7. The predicted molar refractivity (Wildman–Crippen MR) is 276 cm³/mol. The van der Waals surface area contributed by atoms with Gasteiger partial charge in [0.25, 0.3) is 0 Å². The fourth-order valence-electron chi connectivity index (χ4n) is 8.89. The molecule has 12 nitrogen and oxygen atoms in total. The van der Waals surface area contributed by atoms with Gasteiger partial charge in [-0.15, -0.1) is 0 Å². The lowest BCUT2D eigenvalue weighted by Crippen LogP contribution is -2.61. The van der Waals surface area contributed by atoms with E-state index in [1.165, 1.54) is 135 Å². The molecule has 6 unspecified atom stereocenters. The van der Waals surface area contributed by atoms with Crippen LogP contribution in [0.15, 0.2) is 12.2 Å². The summed E-state index contributed by atoms with van der Waals surface area (Å²) in [5.74, 6) is -3.10. The van der Waals surface area contributed by atoms with Crippen LogP contribution in [0.25, 0.3) is 0 Å². The number of carboxylic acids is 1. The number of carbonyl (C=O) groups excluding carboxylic acids is 3. The van der Waals surface area contributed by atoms with Crippen molar-refractivity contribution in [2.24, 2.45) is 0 Å². The maximum absolute atomic E-state index is 13.1. The summed E-state index contributed by atoms with van der Waals surface area (Å²) in [6, 6.07) is 0. The van der Waals surface area contributed by atoms with Crippen molar-refractivity contribution in [2.45, 2.75) is 314 Å². The lowest BCUT2D eigenvalue weighted by Gasteiger charge is -2.40. The number of allylic oxidation sites excluding steroid dienone is 2. The minimum atomic E-state index is -1.90. The maximum Gasteiger partial charge on any atom is 0.335 e. The molecule has 12 heteroatoms. The number of aliphatic carboxylic acids is 1. The third-order valence-electron chi connectivity index (χ3n) is 13.3. The quantitative estimate of drug-likeness (QED) is 0.0228. The van der Waals surface area contributed by atoms with Crippen molar-refractivity contribution in [2.75, 3.05) is 13.2 Å². The van der Waals surface area contributed by atoms with Gasteiger partial charge >= 0.3 is 23.9 Å². The molecule has 1 rings (SSSR count). The number of rotatable bonds is 49. The largest absolute Gasteiger partial charge is 0.479 e. The predicted octanol–water partition coefficient (Wildman–Crippen LogP) is 14.1. The Labute approximate surface area is 420 Å². The number of carboxylic acid groups (broad SMARTS) is 1. The Hall–Kier alpha value is -2.54. The van der Waals surface area contributed by atoms with Gasteiger partial charge in [-0.25, -0.2) is 4.79 Å². The highest BCUT2D eigenvalue weighted by molar-refractivity contribution is 5.74. The third kappa shape index (κ3) is 37.0. The molecular formula is C57H104O12. The van der Waals surface area contributed by atoms with Crippen LogP contribution in [0.5, 0.6) is 0 Å². The number of ether oxygens (including phenoxy) is 5. The van der Waals surface area contributed by atoms with Gasteiger partial charge < -0.3 is 39.0 Å². The van der Waals surface area contributed by atoms with Crippen molar-refractivity contribution in [3.05, 3.63) is 12.2 Å². The van der Waals surface area contributed by atoms with Crippen molar-refractivity contribution in [1.82, 2.24) is 0 Å². The summed E-state index contributed by atoms with van der Waals surface area (Å²) in [4.78, 5) is 50.9. The topological polar surface area (TPSA) is 175 Å². The van der Waals surface area contributed by atoms with Crippen LogP contribution in [0.1, 0.15) is 278 Å². The van der Waals surface area contributed by atoms with E-state index in [1.54, 1.807) is 0 Å². The smallest absolute Gasteiger partial charge is 0.335 e. The molecule has 0 radical (unpaired) electrons. The Morgan fingerprint density at radius 1 is 0.464 bits per heavy atom. The molecule has 0 saturated carbocycles. The molecule has 1 aliphatic rings. The summed E-state index contributed by atoms with van der Waals surface area (Å²) >= 11 is 0. The molecule has 0 aromatic heterocycles. The van der Waals surface area contributed by atoms with E-state index in [2.05, 4.69) is 32.9 Å². The first-order valence-corrected chi connectivity index (χ1v) is 28.7. The number of unbranched alkanes of at least 4 members (excludes halogenated alkanes) is 33. The second-order valence-corrected chi connectivity index (χ2v) is 19.9. The number of esters is 3. The van der Waals surface area contributed by atoms with Crippen molar-refractivity contribution >= 4 is 23.9 Å². The van der Waals surface area contributed by atoms with Crippen LogP contribution in [0.2, 0.25) is 0 Å². The first-order valence-electron chi connectivity index (χ1n) is 28.7. The van der Waals surface area contributed by atoms with Crippen molar-refractivity contribution in [1.29, 1.82) is 0 Å². The molecule has 404 valence electrons. The summed E-state index contributed by atoms with van der Waals surface area (Å²) in [5, 5.41) is 31.4. The van der Waals surface area contributed by atoms with E-state index in [4.69, 9.17) is 23.7 Å². The second-order valence-electron chi connectivity index (χ2n) is 19.9. The van der Waals surface area contributed by atoms with E-state index in [0.717, 1.165) is 83.5 Å². The summed E-state index contributed by atoms with van der Waals surface area (Å²) in [6.45, 7) is 5.97. The number of aliphatic hydroxyl groups excluding tert-OH is 2. The van der Waals surface area contributed by atoms with Gasteiger partial charge in [0, 0.05) is 19.3 Å². The minimum Gasteiger partial charge on any atom is -0.479 e. The first-order chi connectivity index (χ1) is 33.6. The van der Waals surface area contributed by atoms with Crippen molar-refractivity contribution in [3.8, 4) is 0 Å². The Morgan fingerprint density at radius 2 is 0.826 bits per heavy atom. The third-order valence-corrected chi connectivity index (χ3v) is 13.3. The van der Waals surface area contributed by atoms with Gasteiger partial charge in [0.05, 0.1) is 6.61 Å². The molecule has 0 amide bonds. The average molecular weight is 981 g/mol. The molecule has 1 fully saturated rings. The maximum atomic E-state index is 13.1. The van der Waals surface area contributed by atoms with Crippen LogP contribution in [0.3, 0.4) is 0 Å². The fraction of sp³-hybridized carbons (Fsp3) is 0.895. The second kappa shape index (κ2) is 46.5. The average Bonchev–Trinajstić information content (AvgIpc) is 3.33. The summed E-state index contributed by atoms with van der Waals surface area (Å²) in [7, 11) is 0. The summed E-state index contributed by atoms with van der Waals surface area (Å²) in [5.41, 5.74) is 0. The van der Waals surface area contributed by atoms with Crippen LogP contribution < -0.4 is 0 Å². The lowest BCUT2D eigenvalue weighted by molar-refractivity contribution is -0.301. The lowest BCUT2D eigenvalue weighted by atomic mass is 9.98. The van der Waals surface area contributed by atoms with Gasteiger partial charge in [-0.2, -0.15) is 0 Å². The van der Waals surface area contributed by atoms with Crippen LogP contribution in [-0.4, -0.2) is 89.2 Å². The van der Waals surface area contributed by atoms with Gasteiger partial charge in [-0.1, -0.05) is 226 Å². The van der Waals surface area contributed by atoms with Crippen molar-refractivity contribution in [3.63, 3.8) is 0 Å². The minimum absolute atomic E-state index is 0.0667. The summed E-state index contributed by atoms with van der Waals surface area (Å²) < 4.78 is 28.4. The van der Waals surface area contributed by atoms with Crippen LogP contribution in [0, 0.1) is 0 Å². The Bertz CT molecular complexity index is 1260. The molecule has 3 N–H and O–H groups in total. The number of carbonyl (C=O) groups is 4. The van der Waals surface area contributed by atoms with Crippen LogP contribution in [0.4, 0.5) is 0 Å². The van der Waals surface area contributed by atoms with Crippen molar-refractivity contribution < 1.29 is 58.2 Å². The zero-order valence-electron chi connectivity index (χ0n) is 44.3. The Kier molecular flexibility index (Phi) is 43.5. The Balaban J connectivity index is 2.69. The van der Waals surface area contributed by atoms with Gasteiger partial charge in [0.1, 0.15) is 18.8 Å². The molecule has 1 heterocycles. The van der Waals surface area contributed by atoms with Crippen LogP contribution in [-0.2, 0) is 42.9 Å². The molecule has 1 aliphatic heterocycles. The standard InChI is InChI=1S/C57H104O12/c1-4-7-10-13-16-19-22-24-25-27-29-31-34-37-40-43-49(58)65-46-48(67-50(59)44-41-38-35-33-30-26-23-20-17-14-11-8-5-2)47-66-57-55(53(62)52(61)54(69-57)56(63)64)68-51(60)45-42-39-36-32-28-21-18-15-12-9-6-3/h20,23,48,52-55,57,61-62H,4-19,21-22,24-47H2,1-3H3,(H,63,64)/b23-20-. The normalized spacial score (nSPS) is 18.7. The van der Waals surface area contributed by atoms with E-state index in [9.17, 15) is 34.5 Å². The molecule has 0 spiro atoms. The van der Waals surface area contributed by atoms with Crippen LogP contribution >= 0.6 is 0 Å². The SMILES string of the molecule is CCCCCC/C=C\CCCCCCCC(=O)OC(COC(=O)CCCCCCCCCCCCCCCCC)COC1OC(C(=O)O)C(O)C(O)C1OC(=O)CCCCCCCCCCCCC. The number of hydrogen-bond acceptors (Lipinski definition) is 11. The van der Waals surface area contributed by atoms with E-state index in [0.29, 0.717) is 19.3 Å². The fourth-order valence-corrected chi connectivity index (χ4v) is 8.89. The molecule has 0 bridgehead atoms. The molecule has 6 atom stereocenters. The molecular weight excluding hydrogens is 877 g/mol. The number of hydrogen-bond donors (Lipinski definition) is 3. The Morgan fingerprint density at radius 3 is 1.25 bits per heavy atom. The zero-order valence-corrected chi connectivity index (χ0v) is 44.3. The molecule has 69 heavy (non-hydrogen) atoms. The molecule has 1 saturated heterocycles. The summed E-state index contributed by atoms with van der Waals surface area (Å²) in [6.07, 6.45) is 37.6. The van der Waals surface area contributed by atoms with Gasteiger partial charge in [0.15, 0.2) is 24.6 Å². The highest BCUT2D eigenvalue weighted by Gasteiger charge is 2.50. The highest BCUT2D eigenvalue weighted by Crippen LogP contribution is 2.26. The van der Waals surface area contributed by atoms with E-state index >= 15 is 0 Å². The molecule has 0 aromatic rings. The van der Waals surface area contributed by atoms with E-state index in [-0.39, 0.29) is 25.9 Å². The molecule has 0 aliphatic carbocycles. The van der Waals surface area contributed by atoms with Gasteiger partial charge in [-0.05, 0) is 44.9 Å². The van der Waals surface area contributed by atoms with E-state index in [1.807, 2.05) is 0 Å².